The maximum absolute atomic E-state index is 12.5. The first-order chi connectivity index (χ1) is 16.2. The molecule has 0 heterocycles. The molecule has 11 nitrogen and oxygen atoms in total. The summed E-state index contributed by atoms with van der Waals surface area (Å²) in [5.41, 5.74) is 0.760. The van der Waals surface area contributed by atoms with E-state index in [1.165, 1.54) is 36.4 Å². The van der Waals surface area contributed by atoms with E-state index in [9.17, 15) is 28.1 Å². The Kier molecular flexibility index (Phi) is 7.43. The first-order valence-corrected chi connectivity index (χ1v) is 11.3. The molecule has 34 heavy (non-hydrogen) atoms. The Morgan fingerprint density at radius 3 is 2.24 bits per heavy atom. The van der Waals surface area contributed by atoms with Gasteiger partial charge in [0.2, 0.25) is 0 Å². The van der Waals surface area contributed by atoms with E-state index in [4.69, 9.17) is 4.18 Å². The fourth-order valence-electron chi connectivity index (χ4n) is 2.80. The summed E-state index contributed by atoms with van der Waals surface area (Å²) in [4.78, 5) is 34.0. The van der Waals surface area contributed by atoms with Crippen molar-refractivity contribution in [2.24, 2.45) is 0 Å². The van der Waals surface area contributed by atoms with E-state index in [2.05, 4.69) is 16.0 Å². The standard InChI is InChI=1S/C22H20N4O7S/c1-2-23-22(28)25-17-6-3-5-16(13-17)24-21(27)15-9-11-19(12-10-15)33-34(31,32)20-8-4-7-18(14-20)26(29)30/h3-14H,2H2,1H3,(H,24,27)(H2,23,25,28). The third-order valence-electron chi connectivity index (χ3n) is 4.36. The van der Waals surface area contributed by atoms with Crippen molar-refractivity contribution in [2.45, 2.75) is 11.8 Å². The van der Waals surface area contributed by atoms with E-state index in [1.807, 2.05) is 0 Å². The molecular formula is C22H20N4O7S. The van der Waals surface area contributed by atoms with Gasteiger partial charge in [-0.25, -0.2) is 4.79 Å². The number of benzene rings is 3. The van der Waals surface area contributed by atoms with E-state index in [0.29, 0.717) is 17.9 Å². The maximum atomic E-state index is 12.5. The van der Waals surface area contributed by atoms with Gasteiger partial charge in [0.1, 0.15) is 10.6 Å². The first-order valence-electron chi connectivity index (χ1n) is 9.93. The summed E-state index contributed by atoms with van der Waals surface area (Å²) in [6, 6.07) is 16.0. The van der Waals surface area contributed by atoms with Gasteiger partial charge in [0, 0.05) is 35.6 Å². The third-order valence-corrected chi connectivity index (χ3v) is 5.60. The van der Waals surface area contributed by atoms with Gasteiger partial charge in [-0.05, 0) is 55.5 Å². The number of carbonyl (C=O) groups excluding carboxylic acids is 2. The van der Waals surface area contributed by atoms with Gasteiger partial charge in [0.25, 0.3) is 11.6 Å². The van der Waals surface area contributed by atoms with Gasteiger partial charge in [-0.1, -0.05) is 12.1 Å². The average Bonchev–Trinajstić information content (AvgIpc) is 2.79. The summed E-state index contributed by atoms with van der Waals surface area (Å²) < 4.78 is 29.9. The highest BCUT2D eigenvalue weighted by Crippen LogP contribution is 2.23. The summed E-state index contributed by atoms with van der Waals surface area (Å²) in [7, 11) is -4.31. The lowest BCUT2D eigenvalue weighted by molar-refractivity contribution is -0.385. The summed E-state index contributed by atoms with van der Waals surface area (Å²) in [5.74, 6) is -0.542. The van der Waals surface area contributed by atoms with Crippen LogP contribution in [0.2, 0.25) is 0 Å². The molecule has 0 aliphatic heterocycles. The lowest BCUT2D eigenvalue weighted by Gasteiger charge is -2.10. The predicted molar refractivity (Wildman–Crippen MR) is 124 cm³/mol. The van der Waals surface area contributed by atoms with Gasteiger partial charge in [0.05, 0.1) is 4.92 Å². The molecule has 3 amide bonds. The molecule has 0 aliphatic carbocycles. The normalized spacial score (nSPS) is 10.7. The van der Waals surface area contributed by atoms with Crippen LogP contribution in [0.1, 0.15) is 17.3 Å². The number of amides is 3. The molecule has 12 heteroatoms. The molecule has 0 spiro atoms. The zero-order chi connectivity index (χ0) is 24.7. The number of rotatable bonds is 8. The number of hydrogen-bond donors (Lipinski definition) is 3. The van der Waals surface area contributed by atoms with Crippen molar-refractivity contribution in [3.05, 3.63) is 88.5 Å². The number of urea groups is 1. The van der Waals surface area contributed by atoms with Crippen LogP contribution in [0.5, 0.6) is 5.75 Å². The van der Waals surface area contributed by atoms with E-state index >= 15 is 0 Å². The largest absolute Gasteiger partial charge is 0.379 e. The first kappa shape index (κ1) is 24.2. The molecular weight excluding hydrogens is 464 g/mol. The molecule has 0 saturated heterocycles. The van der Waals surface area contributed by atoms with Crippen LogP contribution in [0.4, 0.5) is 21.9 Å². The van der Waals surface area contributed by atoms with E-state index < -0.39 is 20.9 Å². The van der Waals surface area contributed by atoms with Gasteiger partial charge < -0.3 is 20.1 Å². The molecule has 0 aromatic heterocycles. The van der Waals surface area contributed by atoms with Crippen LogP contribution in [0.15, 0.2) is 77.7 Å². The Morgan fingerprint density at radius 2 is 1.59 bits per heavy atom. The van der Waals surface area contributed by atoms with E-state index in [1.54, 1.807) is 31.2 Å². The fourth-order valence-corrected chi connectivity index (χ4v) is 3.77. The highest BCUT2D eigenvalue weighted by molar-refractivity contribution is 7.87. The highest BCUT2D eigenvalue weighted by Gasteiger charge is 2.20. The van der Waals surface area contributed by atoms with Crippen LogP contribution >= 0.6 is 0 Å². The van der Waals surface area contributed by atoms with Crippen molar-refractivity contribution in [1.29, 1.82) is 0 Å². The number of nitro benzene ring substituents is 1. The minimum atomic E-state index is -4.31. The lowest BCUT2D eigenvalue weighted by atomic mass is 10.2. The number of nitrogens with one attached hydrogen (secondary N) is 3. The molecule has 176 valence electrons. The minimum Gasteiger partial charge on any atom is -0.379 e. The Hall–Kier alpha value is -4.45. The van der Waals surface area contributed by atoms with Crippen LogP contribution in [0, 0.1) is 10.1 Å². The van der Waals surface area contributed by atoms with Crippen molar-refractivity contribution in [1.82, 2.24) is 5.32 Å². The number of carbonyl (C=O) groups is 2. The maximum Gasteiger partial charge on any atom is 0.339 e. The van der Waals surface area contributed by atoms with Crippen molar-refractivity contribution >= 4 is 39.1 Å². The topological polar surface area (TPSA) is 157 Å². The van der Waals surface area contributed by atoms with Crippen LogP contribution in [-0.2, 0) is 10.1 Å². The summed E-state index contributed by atoms with van der Waals surface area (Å²) >= 11 is 0. The molecule has 0 bridgehead atoms. The Bertz CT molecular complexity index is 1330. The molecule has 0 fully saturated rings. The van der Waals surface area contributed by atoms with Crippen molar-refractivity contribution < 1.29 is 27.1 Å². The van der Waals surface area contributed by atoms with E-state index in [-0.39, 0.29) is 27.9 Å². The van der Waals surface area contributed by atoms with Crippen molar-refractivity contribution in [2.75, 3.05) is 17.2 Å². The number of nitro groups is 1. The predicted octanol–water partition coefficient (Wildman–Crippen LogP) is 3.76. The molecule has 0 unspecified atom stereocenters. The molecule has 3 aromatic rings. The Balaban J connectivity index is 1.67. The van der Waals surface area contributed by atoms with Gasteiger partial charge >= 0.3 is 16.1 Å². The molecule has 0 radical (unpaired) electrons. The molecule has 0 atom stereocenters. The summed E-state index contributed by atoms with van der Waals surface area (Å²) in [6.07, 6.45) is 0. The quantitative estimate of drug-likeness (QED) is 0.250. The van der Waals surface area contributed by atoms with Crippen LogP contribution in [0.25, 0.3) is 0 Å². The second kappa shape index (κ2) is 10.4. The Labute approximate surface area is 195 Å². The Morgan fingerprint density at radius 1 is 0.941 bits per heavy atom. The third kappa shape index (κ3) is 6.29. The van der Waals surface area contributed by atoms with Crippen LogP contribution in [0.3, 0.4) is 0 Å². The van der Waals surface area contributed by atoms with Gasteiger partial charge in [-0.15, -0.1) is 0 Å². The molecule has 0 saturated carbocycles. The van der Waals surface area contributed by atoms with Crippen molar-refractivity contribution in [3.63, 3.8) is 0 Å². The van der Waals surface area contributed by atoms with Crippen molar-refractivity contribution in [3.8, 4) is 5.75 Å². The second-order valence-electron chi connectivity index (χ2n) is 6.84. The minimum absolute atomic E-state index is 0.0730. The number of non-ortho nitro benzene ring substituents is 1. The zero-order valence-corrected chi connectivity index (χ0v) is 18.7. The molecule has 3 aromatic carbocycles. The summed E-state index contributed by atoms with van der Waals surface area (Å²) in [6.45, 7) is 2.25. The monoisotopic (exact) mass is 484 g/mol. The van der Waals surface area contributed by atoms with E-state index in [0.717, 1.165) is 12.1 Å². The van der Waals surface area contributed by atoms with Crippen LogP contribution in [-0.4, -0.2) is 31.8 Å². The van der Waals surface area contributed by atoms with Crippen LogP contribution < -0.4 is 20.1 Å². The lowest BCUT2D eigenvalue weighted by Crippen LogP contribution is -2.28. The molecule has 0 aliphatic rings. The number of anilines is 2. The molecule has 3 N–H and O–H groups in total. The second-order valence-corrected chi connectivity index (χ2v) is 8.38. The van der Waals surface area contributed by atoms with Gasteiger partial charge in [0.15, 0.2) is 0 Å². The van der Waals surface area contributed by atoms with Gasteiger partial charge in [-0.3, -0.25) is 14.9 Å². The molecule has 3 rings (SSSR count). The summed E-state index contributed by atoms with van der Waals surface area (Å²) in [5, 5.41) is 18.8. The number of hydrogen-bond acceptors (Lipinski definition) is 7. The fraction of sp³-hybridized carbons (Fsp3) is 0.0909. The SMILES string of the molecule is CCNC(=O)Nc1cccc(NC(=O)c2ccc(OS(=O)(=O)c3cccc([N+](=O)[O-])c3)cc2)c1. The number of nitrogens with zero attached hydrogens (tertiary/aromatic N) is 1. The average molecular weight is 484 g/mol. The van der Waals surface area contributed by atoms with Gasteiger partial charge in [-0.2, -0.15) is 8.42 Å². The zero-order valence-electron chi connectivity index (χ0n) is 17.8. The highest BCUT2D eigenvalue weighted by atomic mass is 32.2. The smallest absolute Gasteiger partial charge is 0.339 e.